The molecule has 0 saturated carbocycles. The molecule has 0 radical (unpaired) electrons. The van der Waals surface area contributed by atoms with E-state index < -0.39 is 0 Å². The van der Waals surface area contributed by atoms with Gasteiger partial charge >= 0.3 is 0 Å². The third-order valence-electron chi connectivity index (χ3n) is 3.49. The van der Waals surface area contributed by atoms with Crippen molar-refractivity contribution in [2.45, 2.75) is 0 Å². The summed E-state index contributed by atoms with van der Waals surface area (Å²) in [6, 6.07) is 10.2. The number of nitrogens with one attached hydrogen (secondary N) is 1. The van der Waals surface area contributed by atoms with E-state index in [1.54, 1.807) is 36.4 Å². The summed E-state index contributed by atoms with van der Waals surface area (Å²) in [5.74, 6) is 0.259. The highest BCUT2D eigenvalue weighted by molar-refractivity contribution is 6.02. The summed E-state index contributed by atoms with van der Waals surface area (Å²) in [5.41, 5.74) is 1.05. The molecule has 1 fully saturated rings. The number of amides is 2. The maximum Gasteiger partial charge on any atom is 0.255 e. The van der Waals surface area contributed by atoms with Crippen molar-refractivity contribution in [1.29, 1.82) is 0 Å². The van der Waals surface area contributed by atoms with Gasteiger partial charge in [0.1, 0.15) is 5.76 Å². The van der Waals surface area contributed by atoms with E-state index in [-0.39, 0.29) is 24.1 Å². The molecule has 1 saturated heterocycles. The maximum atomic E-state index is 12.7. The van der Waals surface area contributed by atoms with Gasteiger partial charge in [-0.2, -0.15) is 0 Å². The molecule has 0 atom stereocenters. The van der Waals surface area contributed by atoms with Crippen LogP contribution in [0.25, 0.3) is 11.3 Å². The molecule has 2 amide bonds. The summed E-state index contributed by atoms with van der Waals surface area (Å²) < 4.78 is 5.40. The molecule has 0 spiro atoms. The molecular formula is C16H14N2O4. The summed E-state index contributed by atoms with van der Waals surface area (Å²) in [6.07, 6.45) is 0.614. The van der Waals surface area contributed by atoms with Gasteiger partial charge in [0, 0.05) is 18.7 Å². The number of hydrogen-bond acceptors (Lipinski definition) is 4. The minimum Gasteiger partial charge on any atom is -0.453 e. The Kier molecular flexibility index (Phi) is 3.74. The Hall–Kier alpha value is -2.89. The molecule has 2 heterocycles. The van der Waals surface area contributed by atoms with E-state index in [1.807, 2.05) is 0 Å². The van der Waals surface area contributed by atoms with Crippen molar-refractivity contribution in [2.24, 2.45) is 0 Å². The van der Waals surface area contributed by atoms with Crippen LogP contribution in [0.15, 0.2) is 40.8 Å². The van der Waals surface area contributed by atoms with Crippen LogP contribution in [0, 0.1) is 0 Å². The normalized spacial score (nSPS) is 14.5. The highest BCUT2D eigenvalue weighted by atomic mass is 16.3. The van der Waals surface area contributed by atoms with Crippen LogP contribution in [0.3, 0.4) is 0 Å². The minimum absolute atomic E-state index is 0.0465. The smallest absolute Gasteiger partial charge is 0.255 e. The first-order chi connectivity index (χ1) is 10.7. The Labute approximate surface area is 126 Å². The molecule has 0 aliphatic carbocycles. The van der Waals surface area contributed by atoms with Crippen LogP contribution in [0.1, 0.15) is 20.9 Å². The zero-order valence-electron chi connectivity index (χ0n) is 11.7. The van der Waals surface area contributed by atoms with E-state index in [2.05, 4.69) is 5.32 Å². The van der Waals surface area contributed by atoms with Gasteiger partial charge in [0.05, 0.1) is 12.1 Å². The first kappa shape index (κ1) is 14.1. The summed E-state index contributed by atoms with van der Waals surface area (Å²) in [6.45, 7) is 0.963. The second kappa shape index (κ2) is 5.85. The van der Waals surface area contributed by atoms with Gasteiger partial charge in [-0.05, 0) is 18.2 Å². The van der Waals surface area contributed by atoms with E-state index in [4.69, 9.17) is 4.42 Å². The minimum atomic E-state index is -0.227. The van der Waals surface area contributed by atoms with Crippen LogP contribution in [-0.2, 0) is 4.79 Å². The first-order valence-corrected chi connectivity index (χ1v) is 6.89. The largest absolute Gasteiger partial charge is 0.453 e. The lowest BCUT2D eigenvalue weighted by molar-refractivity contribution is -0.123. The number of hydrogen-bond donors (Lipinski definition) is 1. The molecule has 2 aromatic rings. The summed E-state index contributed by atoms with van der Waals surface area (Å²) >= 11 is 0. The van der Waals surface area contributed by atoms with Gasteiger partial charge in [0.25, 0.3) is 5.91 Å². The average molecular weight is 298 g/mol. The van der Waals surface area contributed by atoms with E-state index in [1.165, 1.54) is 4.90 Å². The lowest BCUT2D eigenvalue weighted by Crippen LogP contribution is -2.50. The standard InChI is InChI=1S/C16H14N2O4/c19-10-11-5-6-14(22-11)12-3-1-2-4-13(12)16(21)18-8-7-17-15(20)9-18/h1-6,10H,7-9H2,(H,17,20). The monoisotopic (exact) mass is 298 g/mol. The molecular weight excluding hydrogens is 284 g/mol. The molecule has 1 aromatic heterocycles. The van der Waals surface area contributed by atoms with Crippen LogP contribution >= 0.6 is 0 Å². The molecule has 6 heteroatoms. The quantitative estimate of drug-likeness (QED) is 0.867. The maximum absolute atomic E-state index is 12.7. The molecule has 3 rings (SSSR count). The Morgan fingerprint density at radius 2 is 2.05 bits per heavy atom. The molecule has 0 bridgehead atoms. The van der Waals surface area contributed by atoms with E-state index in [9.17, 15) is 14.4 Å². The molecule has 6 nitrogen and oxygen atoms in total. The Morgan fingerprint density at radius 1 is 1.23 bits per heavy atom. The summed E-state index contributed by atoms with van der Waals surface area (Å²) in [5, 5.41) is 2.69. The predicted molar refractivity (Wildman–Crippen MR) is 78.4 cm³/mol. The lowest BCUT2D eigenvalue weighted by atomic mass is 10.0. The molecule has 1 aliphatic heterocycles. The number of piperazine rings is 1. The van der Waals surface area contributed by atoms with Crippen LogP contribution in [0.4, 0.5) is 0 Å². The molecule has 1 aromatic carbocycles. The van der Waals surface area contributed by atoms with Gasteiger partial charge in [-0.15, -0.1) is 0 Å². The Balaban J connectivity index is 1.95. The third-order valence-corrected chi connectivity index (χ3v) is 3.49. The number of nitrogens with zero attached hydrogens (tertiary/aromatic N) is 1. The Morgan fingerprint density at radius 3 is 2.77 bits per heavy atom. The molecule has 0 unspecified atom stereocenters. The van der Waals surface area contributed by atoms with Crippen LogP contribution in [0.5, 0.6) is 0 Å². The second-order valence-corrected chi connectivity index (χ2v) is 4.94. The average Bonchev–Trinajstić information content (AvgIpc) is 3.03. The fourth-order valence-electron chi connectivity index (χ4n) is 2.43. The van der Waals surface area contributed by atoms with Gasteiger partial charge in [-0.1, -0.05) is 18.2 Å². The lowest BCUT2D eigenvalue weighted by Gasteiger charge is -2.27. The third kappa shape index (κ3) is 2.63. The predicted octanol–water partition coefficient (Wildman–Crippen LogP) is 1.33. The molecule has 22 heavy (non-hydrogen) atoms. The summed E-state index contributed by atoms with van der Waals surface area (Å²) in [7, 11) is 0. The highest BCUT2D eigenvalue weighted by Gasteiger charge is 2.24. The molecule has 1 N–H and O–H groups in total. The molecule has 1 aliphatic rings. The fourth-order valence-corrected chi connectivity index (χ4v) is 2.43. The fraction of sp³-hybridized carbons (Fsp3) is 0.188. The van der Waals surface area contributed by atoms with Crippen molar-refractivity contribution < 1.29 is 18.8 Å². The molecule has 112 valence electrons. The zero-order chi connectivity index (χ0) is 15.5. The first-order valence-electron chi connectivity index (χ1n) is 6.89. The van der Waals surface area contributed by atoms with E-state index >= 15 is 0 Å². The van der Waals surface area contributed by atoms with Crippen molar-refractivity contribution in [3.05, 3.63) is 47.7 Å². The van der Waals surface area contributed by atoms with Gasteiger partial charge in [-0.25, -0.2) is 0 Å². The van der Waals surface area contributed by atoms with E-state index in [0.717, 1.165) is 0 Å². The van der Waals surface area contributed by atoms with Crippen LogP contribution in [0.2, 0.25) is 0 Å². The highest BCUT2D eigenvalue weighted by Crippen LogP contribution is 2.26. The van der Waals surface area contributed by atoms with Crippen molar-refractivity contribution in [2.75, 3.05) is 19.6 Å². The van der Waals surface area contributed by atoms with Gasteiger partial charge in [-0.3, -0.25) is 14.4 Å². The number of carbonyl (C=O) groups is 3. The summed E-state index contributed by atoms with van der Waals surface area (Å²) in [4.78, 5) is 36.3. The SMILES string of the molecule is O=Cc1ccc(-c2ccccc2C(=O)N2CCNC(=O)C2)o1. The number of aldehydes is 1. The van der Waals surface area contributed by atoms with Gasteiger partial charge in [0.15, 0.2) is 12.0 Å². The van der Waals surface area contributed by atoms with Crippen molar-refractivity contribution in [1.82, 2.24) is 10.2 Å². The number of furan rings is 1. The van der Waals surface area contributed by atoms with Crippen LogP contribution < -0.4 is 5.32 Å². The van der Waals surface area contributed by atoms with Crippen molar-refractivity contribution >= 4 is 18.1 Å². The zero-order valence-corrected chi connectivity index (χ0v) is 11.7. The topological polar surface area (TPSA) is 79.6 Å². The van der Waals surface area contributed by atoms with Crippen molar-refractivity contribution in [3.8, 4) is 11.3 Å². The van der Waals surface area contributed by atoms with Crippen molar-refractivity contribution in [3.63, 3.8) is 0 Å². The second-order valence-electron chi connectivity index (χ2n) is 4.94. The van der Waals surface area contributed by atoms with Gasteiger partial charge in [0.2, 0.25) is 5.91 Å². The van der Waals surface area contributed by atoms with Crippen LogP contribution in [-0.4, -0.2) is 42.6 Å². The van der Waals surface area contributed by atoms with Gasteiger partial charge < -0.3 is 14.6 Å². The number of benzene rings is 1. The number of rotatable bonds is 3. The Bertz CT molecular complexity index is 735. The van der Waals surface area contributed by atoms with E-state index in [0.29, 0.717) is 36.3 Å². The number of carbonyl (C=O) groups excluding carboxylic acids is 3.